The van der Waals surface area contributed by atoms with Gasteiger partial charge in [-0.2, -0.15) is 4.31 Å². The van der Waals surface area contributed by atoms with Crippen molar-refractivity contribution in [2.45, 2.75) is 29.8 Å². The molecule has 0 radical (unpaired) electrons. The van der Waals surface area contributed by atoms with Crippen molar-refractivity contribution in [2.24, 2.45) is 5.92 Å². The number of carbonyl (C=O) groups excluding carboxylic acids is 1. The number of hydrogen-bond acceptors (Lipinski definition) is 6. The number of thioether (sulfide) groups is 1. The molecule has 1 saturated heterocycles. The summed E-state index contributed by atoms with van der Waals surface area (Å²) in [6, 6.07) is 1.40. The molecule has 25 heavy (non-hydrogen) atoms. The first kappa shape index (κ1) is 17.0. The second kappa shape index (κ2) is 6.40. The number of fused-ring (bicyclic) bond motifs is 1. The van der Waals surface area contributed by atoms with E-state index in [0.717, 1.165) is 12.8 Å². The number of sulfonamides is 1. The molecule has 0 bridgehead atoms. The van der Waals surface area contributed by atoms with Crippen molar-refractivity contribution in [3.8, 4) is 0 Å². The Morgan fingerprint density at radius 3 is 2.60 bits per heavy atom. The fraction of sp³-hybridized carbons (Fsp3) is 0.667. The maximum atomic E-state index is 12.8. The first-order valence-electron chi connectivity index (χ1n) is 8.43. The highest BCUT2D eigenvalue weighted by molar-refractivity contribution is 7.99. The monoisotopic (exact) mass is 384 g/mol. The van der Waals surface area contributed by atoms with Gasteiger partial charge in [0.15, 0.2) is 5.16 Å². The van der Waals surface area contributed by atoms with Gasteiger partial charge in [-0.15, -0.1) is 0 Å². The Balaban J connectivity index is 1.40. The molecule has 0 N–H and O–H groups in total. The summed E-state index contributed by atoms with van der Waals surface area (Å²) in [6.45, 7) is 1.90. The van der Waals surface area contributed by atoms with Gasteiger partial charge in [-0.05, 0) is 12.8 Å². The quantitative estimate of drug-likeness (QED) is 0.659. The number of hydrogen-bond donors (Lipinski definition) is 0. The minimum Gasteiger partial charge on any atom is -0.340 e. The highest BCUT2D eigenvalue weighted by atomic mass is 32.2. The third-order valence-electron chi connectivity index (χ3n) is 4.92. The molecule has 10 heteroatoms. The molecule has 1 atom stereocenters. The predicted molar refractivity (Wildman–Crippen MR) is 92.8 cm³/mol. The van der Waals surface area contributed by atoms with Gasteiger partial charge in [-0.3, -0.25) is 14.2 Å². The number of aromatic nitrogens is 2. The predicted octanol–water partition coefficient (Wildman–Crippen LogP) is -0.398. The van der Waals surface area contributed by atoms with E-state index in [1.807, 2.05) is 0 Å². The lowest BCUT2D eigenvalue weighted by atomic mass is 10.1. The molecule has 1 aromatic heterocycles. The first-order valence-corrected chi connectivity index (χ1v) is 10.9. The maximum absolute atomic E-state index is 12.8. The molecule has 1 amide bonds. The molecule has 3 heterocycles. The van der Waals surface area contributed by atoms with Gasteiger partial charge in [-0.1, -0.05) is 11.8 Å². The summed E-state index contributed by atoms with van der Waals surface area (Å²) in [5.41, 5.74) is -0.143. The van der Waals surface area contributed by atoms with Crippen LogP contribution in [0.4, 0.5) is 0 Å². The smallest absolute Gasteiger partial charge is 0.254 e. The molecule has 0 aromatic carbocycles. The van der Waals surface area contributed by atoms with Crippen LogP contribution < -0.4 is 5.56 Å². The zero-order valence-electron chi connectivity index (χ0n) is 13.7. The van der Waals surface area contributed by atoms with Crippen molar-refractivity contribution < 1.29 is 13.2 Å². The van der Waals surface area contributed by atoms with Gasteiger partial charge in [-0.25, -0.2) is 13.4 Å². The SMILES string of the molecule is O=C(C1CSc2nccc(=O)n2C1)N1CCN(S(=O)(=O)C2CC2)CC1. The summed E-state index contributed by atoms with van der Waals surface area (Å²) in [5, 5.41) is 0.442. The molecule has 8 nitrogen and oxygen atoms in total. The number of nitrogens with zero attached hydrogens (tertiary/aromatic N) is 4. The third-order valence-corrected chi connectivity index (χ3v) is 8.47. The minimum atomic E-state index is -3.17. The van der Waals surface area contributed by atoms with Crippen molar-refractivity contribution in [1.29, 1.82) is 0 Å². The maximum Gasteiger partial charge on any atom is 0.254 e. The Morgan fingerprint density at radius 1 is 1.20 bits per heavy atom. The molecule has 2 aliphatic heterocycles. The first-order chi connectivity index (χ1) is 12.0. The standard InChI is InChI=1S/C15H20N4O4S2/c20-13-3-4-16-15-19(13)9-11(10-24-15)14(21)17-5-7-18(8-6-17)25(22,23)12-1-2-12/h3-4,11-12H,1-2,5-10H2. The Bertz CT molecular complexity index is 841. The summed E-state index contributed by atoms with van der Waals surface area (Å²) in [5.74, 6) is 0.318. The van der Waals surface area contributed by atoms with Gasteiger partial charge in [0, 0.05) is 50.7 Å². The van der Waals surface area contributed by atoms with Gasteiger partial charge < -0.3 is 4.90 Å². The van der Waals surface area contributed by atoms with Crippen LogP contribution in [-0.4, -0.2) is 70.3 Å². The van der Waals surface area contributed by atoms with Crippen molar-refractivity contribution >= 4 is 27.7 Å². The van der Waals surface area contributed by atoms with Crippen LogP contribution >= 0.6 is 11.8 Å². The molecule has 136 valence electrons. The van der Waals surface area contributed by atoms with E-state index in [1.165, 1.54) is 28.3 Å². The van der Waals surface area contributed by atoms with Crippen LogP contribution in [0.2, 0.25) is 0 Å². The van der Waals surface area contributed by atoms with E-state index in [0.29, 0.717) is 43.6 Å². The molecule has 3 aliphatic rings. The van der Waals surface area contributed by atoms with Crippen LogP contribution in [0.25, 0.3) is 0 Å². The van der Waals surface area contributed by atoms with Gasteiger partial charge in [0.2, 0.25) is 15.9 Å². The van der Waals surface area contributed by atoms with Crippen LogP contribution in [0.3, 0.4) is 0 Å². The average Bonchev–Trinajstić information content (AvgIpc) is 3.47. The topological polar surface area (TPSA) is 92.6 Å². The summed E-state index contributed by atoms with van der Waals surface area (Å²) in [6.07, 6.45) is 2.99. The van der Waals surface area contributed by atoms with Crippen LogP contribution in [0.15, 0.2) is 22.2 Å². The number of carbonyl (C=O) groups is 1. The highest BCUT2D eigenvalue weighted by Crippen LogP contribution is 2.32. The Kier molecular flexibility index (Phi) is 4.37. The molecule has 0 spiro atoms. The summed E-state index contributed by atoms with van der Waals surface area (Å²) >= 11 is 1.42. The van der Waals surface area contributed by atoms with Crippen molar-refractivity contribution in [2.75, 3.05) is 31.9 Å². The van der Waals surface area contributed by atoms with E-state index < -0.39 is 10.0 Å². The zero-order valence-corrected chi connectivity index (χ0v) is 15.3. The van der Waals surface area contributed by atoms with E-state index in [1.54, 1.807) is 9.47 Å². The minimum absolute atomic E-state index is 0.00243. The van der Waals surface area contributed by atoms with Crippen molar-refractivity contribution in [3.05, 3.63) is 22.6 Å². The van der Waals surface area contributed by atoms with Crippen molar-refractivity contribution in [3.63, 3.8) is 0 Å². The lowest BCUT2D eigenvalue weighted by Gasteiger charge is -2.36. The van der Waals surface area contributed by atoms with Gasteiger partial charge in [0.05, 0.1) is 11.2 Å². The van der Waals surface area contributed by atoms with Gasteiger partial charge in [0.25, 0.3) is 5.56 Å². The zero-order chi connectivity index (χ0) is 17.6. The Morgan fingerprint density at radius 2 is 1.92 bits per heavy atom. The van der Waals surface area contributed by atoms with Crippen molar-refractivity contribution in [1.82, 2.24) is 18.8 Å². The summed E-state index contributed by atoms with van der Waals surface area (Å²) in [4.78, 5) is 30.6. The Labute approximate surface area is 150 Å². The van der Waals surface area contributed by atoms with Gasteiger partial charge in [0.1, 0.15) is 0 Å². The fourth-order valence-corrected chi connectivity index (χ4v) is 6.18. The lowest BCUT2D eigenvalue weighted by Crippen LogP contribution is -2.53. The van der Waals surface area contributed by atoms with E-state index in [4.69, 9.17) is 0 Å². The summed E-state index contributed by atoms with van der Waals surface area (Å²) < 4.78 is 27.6. The fourth-order valence-electron chi connectivity index (χ4n) is 3.30. The lowest BCUT2D eigenvalue weighted by molar-refractivity contribution is -0.136. The molecule has 2 fully saturated rings. The van der Waals surface area contributed by atoms with E-state index in [9.17, 15) is 18.0 Å². The summed E-state index contributed by atoms with van der Waals surface area (Å²) in [7, 11) is -3.17. The third kappa shape index (κ3) is 3.22. The number of rotatable bonds is 3. The molecule has 4 rings (SSSR count). The van der Waals surface area contributed by atoms with E-state index >= 15 is 0 Å². The van der Waals surface area contributed by atoms with Crippen LogP contribution in [0.1, 0.15) is 12.8 Å². The molecule has 1 aromatic rings. The second-order valence-corrected chi connectivity index (χ2v) is 9.85. The molecular weight excluding hydrogens is 364 g/mol. The number of piperazine rings is 1. The normalized spacial score (nSPS) is 24.8. The largest absolute Gasteiger partial charge is 0.340 e. The highest BCUT2D eigenvalue weighted by Gasteiger charge is 2.42. The van der Waals surface area contributed by atoms with Crippen LogP contribution in [-0.2, 0) is 21.4 Å². The van der Waals surface area contributed by atoms with Crippen LogP contribution in [0, 0.1) is 5.92 Å². The Hall–Kier alpha value is -1.39. The second-order valence-electron chi connectivity index (χ2n) is 6.65. The van der Waals surface area contributed by atoms with E-state index in [2.05, 4.69) is 4.98 Å². The van der Waals surface area contributed by atoms with E-state index in [-0.39, 0.29) is 22.6 Å². The van der Waals surface area contributed by atoms with Crippen LogP contribution in [0.5, 0.6) is 0 Å². The molecular formula is C15H20N4O4S2. The van der Waals surface area contributed by atoms with Gasteiger partial charge >= 0.3 is 0 Å². The molecule has 1 aliphatic carbocycles. The number of amides is 1. The molecule has 1 saturated carbocycles. The average molecular weight is 384 g/mol. The molecule has 1 unspecified atom stereocenters.